The Kier molecular flexibility index (Phi) is 7.80. The van der Waals surface area contributed by atoms with Crippen molar-refractivity contribution in [3.05, 3.63) is 29.3 Å². The molecular formula is C21H34N4O2. The first-order valence-electron chi connectivity index (χ1n) is 9.82. The first-order chi connectivity index (χ1) is 12.8. The maximum absolute atomic E-state index is 12.6. The van der Waals surface area contributed by atoms with Crippen LogP contribution in [0.25, 0.3) is 0 Å². The molecule has 1 aromatic rings. The maximum Gasteiger partial charge on any atom is 0.238 e. The molecule has 2 rings (SSSR count). The molecule has 0 aromatic heterocycles. The van der Waals surface area contributed by atoms with E-state index in [0.717, 1.165) is 43.9 Å². The molecule has 1 aliphatic heterocycles. The Morgan fingerprint density at radius 2 is 1.70 bits per heavy atom. The van der Waals surface area contributed by atoms with E-state index in [2.05, 4.69) is 35.0 Å². The van der Waals surface area contributed by atoms with Crippen molar-refractivity contribution in [3.63, 3.8) is 0 Å². The van der Waals surface area contributed by atoms with E-state index in [1.54, 1.807) is 19.0 Å². The number of para-hydroxylation sites is 1. The van der Waals surface area contributed by atoms with Crippen molar-refractivity contribution in [1.82, 2.24) is 14.7 Å². The van der Waals surface area contributed by atoms with Crippen LogP contribution in [0.4, 0.5) is 5.69 Å². The SMILES string of the molecule is Cc1cccc(C(C)C)c1NC(=O)CN1CCCN(CC(=O)N(C)C)CC1. The first-order valence-corrected chi connectivity index (χ1v) is 9.82. The molecule has 1 saturated heterocycles. The normalized spacial score (nSPS) is 16.2. The van der Waals surface area contributed by atoms with E-state index in [9.17, 15) is 9.59 Å². The Morgan fingerprint density at radius 3 is 2.30 bits per heavy atom. The quantitative estimate of drug-likeness (QED) is 0.829. The van der Waals surface area contributed by atoms with Crippen LogP contribution in [0.3, 0.4) is 0 Å². The van der Waals surface area contributed by atoms with Gasteiger partial charge < -0.3 is 10.2 Å². The van der Waals surface area contributed by atoms with Crippen molar-refractivity contribution in [1.29, 1.82) is 0 Å². The first kappa shape index (κ1) is 21.4. The second-order valence-corrected chi connectivity index (χ2v) is 7.94. The van der Waals surface area contributed by atoms with Gasteiger partial charge in [0.15, 0.2) is 0 Å². The van der Waals surface area contributed by atoms with Crippen LogP contribution in [-0.4, -0.2) is 79.9 Å². The fourth-order valence-corrected chi connectivity index (χ4v) is 3.40. The molecule has 0 saturated carbocycles. The summed E-state index contributed by atoms with van der Waals surface area (Å²) in [5.74, 6) is 0.521. The van der Waals surface area contributed by atoms with Crippen LogP contribution < -0.4 is 5.32 Å². The highest BCUT2D eigenvalue weighted by Crippen LogP contribution is 2.27. The van der Waals surface area contributed by atoms with Gasteiger partial charge in [-0.05, 0) is 43.5 Å². The van der Waals surface area contributed by atoms with Gasteiger partial charge in [0, 0.05) is 32.9 Å². The highest BCUT2D eigenvalue weighted by atomic mass is 16.2. The Morgan fingerprint density at radius 1 is 1.07 bits per heavy atom. The predicted octanol–water partition coefficient (Wildman–Crippen LogP) is 2.15. The minimum atomic E-state index is 0.0315. The zero-order valence-electron chi connectivity index (χ0n) is 17.4. The molecule has 0 unspecified atom stereocenters. The minimum Gasteiger partial charge on any atom is -0.348 e. The van der Waals surface area contributed by atoms with E-state index in [1.807, 2.05) is 19.1 Å². The van der Waals surface area contributed by atoms with E-state index < -0.39 is 0 Å². The molecule has 0 atom stereocenters. The zero-order chi connectivity index (χ0) is 20.0. The third kappa shape index (κ3) is 6.33. The van der Waals surface area contributed by atoms with Crippen molar-refractivity contribution in [2.24, 2.45) is 0 Å². The molecule has 27 heavy (non-hydrogen) atoms. The summed E-state index contributed by atoms with van der Waals surface area (Å²) in [6.07, 6.45) is 0.968. The molecule has 0 aliphatic carbocycles. The van der Waals surface area contributed by atoms with E-state index >= 15 is 0 Å². The van der Waals surface area contributed by atoms with Gasteiger partial charge >= 0.3 is 0 Å². The standard InChI is InChI=1S/C21H34N4O2/c1-16(2)18-9-6-8-17(3)21(18)22-19(26)14-24-10-7-11-25(13-12-24)15-20(27)23(4)5/h6,8-9,16H,7,10-15H2,1-5H3,(H,22,26). The Labute approximate surface area is 163 Å². The molecular weight excluding hydrogens is 340 g/mol. The number of hydrogen-bond acceptors (Lipinski definition) is 4. The van der Waals surface area contributed by atoms with Gasteiger partial charge in [0.1, 0.15) is 0 Å². The summed E-state index contributed by atoms with van der Waals surface area (Å²) in [6.45, 7) is 10.6. The number of benzene rings is 1. The summed E-state index contributed by atoms with van der Waals surface area (Å²) in [5.41, 5.74) is 3.22. The lowest BCUT2D eigenvalue weighted by Gasteiger charge is -2.23. The maximum atomic E-state index is 12.6. The monoisotopic (exact) mass is 374 g/mol. The summed E-state index contributed by atoms with van der Waals surface area (Å²) >= 11 is 0. The lowest BCUT2D eigenvalue weighted by Crippen LogP contribution is -2.40. The van der Waals surface area contributed by atoms with Gasteiger partial charge in [-0.25, -0.2) is 0 Å². The highest BCUT2D eigenvalue weighted by molar-refractivity contribution is 5.94. The molecule has 0 spiro atoms. The van der Waals surface area contributed by atoms with Crippen LogP contribution in [0.2, 0.25) is 0 Å². The van der Waals surface area contributed by atoms with Crippen LogP contribution in [0, 0.1) is 6.92 Å². The third-order valence-corrected chi connectivity index (χ3v) is 5.10. The van der Waals surface area contributed by atoms with Crippen molar-refractivity contribution in [2.75, 3.05) is 58.7 Å². The van der Waals surface area contributed by atoms with Crippen LogP contribution >= 0.6 is 0 Å². The topological polar surface area (TPSA) is 55.9 Å². The fraction of sp³-hybridized carbons (Fsp3) is 0.619. The Hall–Kier alpha value is -1.92. The number of amides is 2. The van der Waals surface area contributed by atoms with Gasteiger partial charge in [-0.2, -0.15) is 0 Å². The van der Waals surface area contributed by atoms with E-state index in [1.165, 1.54) is 5.56 Å². The number of carbonyl (C=O) groups excluding carboxylic acids is 2. The summed E-state index contributed by atoms with van der Waals surface area (Å²) in [7, 11) is 3.57. The summed E-state index contributed by atoms with van der Waals surface area (Å²) < 4.78 is 0. The Bertz CT molecular complexity index is 658. The molecule has 1 aromatic carbocycles. The van der Waals surface area contributed by atoms with E-state index in [-0.39, 0.29) is 11.8 Å². The molecule has 1 fully saturated rings. The van der Waals surface area contributed by atoms with Gasteiger partial charge in [-0.3, -0.25) is 19.4 Å². The molecule has 2 amide bonds. The van der Waals surface area contributed by atoms with Crippen LogP contribution in [0.5, 0.6) is 0 Å². The number of anilines is 1. The lowest BCUT2D eigenvalue weighted by atomic mass is 9.98. The number of nitrogens with one attached hydrogen (secondary N) is 1. The smallest absolute Gasteiger partial charge is 0.238 e. The second-order valence-electron chi connectivity index (χ2n) is 7.94. The summed E-state index contributed by atoms with van der Waals surface area (Å²) in [6, 6.07) is 6.16. The zero-order valence-corrected chi connectivity index (χ0v) is 17.4. The lowest BCUT2D eigenvalue weighted by molar-refractivity contribution is -0.129. The average molecular weight is 375 g/mol. The average Bonchev–Trinajstić information content (AvgIpc) is 2.81. The van der Waals surface area contributed by atoms with Crippen LogP contribution in [-0.2, 0) is 9.59 Å². The van der Waals surface area contributed by atoms with Gasteiger partial charge in [-0.1, -0.05) is 32.0 Å². The third-order valence-electron chi connectivity index (χ3n) is 5.10. The largest absolute Gasteiger partial charge is 0.348 e. The Balaban J connectivity index is 1.91. The fourth-order valence-electron chi connectivity index (χ4n) is 3.40. The molecule has 0 bridgehead atoms. The molecule has 1 N–H and O–H groups in total. The number of hydrogen-bond donors (Lipinski definition) is 1. The molecule has 6 nitrogen and oxygen atoms in total. The van der Waals surface area contributed by atoms with Crippen molar-refractivity contribution in [3.8, 4) is 0 Å². The van der Waals surface area contributed by atoms with E-state index in [0.29, 0.717) is 19.0 Å². The van der Waals surface area contributed by atoms with Gasteiger partial charge in [0.05, 0.1) is 13.1 Å². The molecule has 0 radical (unpaired) electrons. The molecule has 6 heteroatoms. The second kappa shape index (κ2) is 9.85. The molecule has 150 valence electrons. The van der Waals surface area contributed by atoms with Gasteiger partial charge in [0.25, 0.3) is 0 Å². The number of carbonyl (C=O) groups is 2. The van der Waals surface area contributed by atoms with Gasteiger partial charge in [-0.15, -0.1) is 0 Å². The number of aryl methyl sites for hydroxylation is 1. The highest BCUT2D eigenvalue weighted by Gasteiger charge is 2.20. The predicted molar refractivity (Wildman–Crippen MR) is 110 cm³/mol. The van der Waals surface area contributed by atoms with E-state index in [4.69, 9.17) is 0 Å². The summed E-state index contributed by atoms with van der Waals surface area (Å²) in [4.78, 5) is 30.5. The number of nitrogens with zero attached hydrogens (tertiary/aromatic N) is 3. The molecule has 1 aliphatic rings. The number of likely N-dealkylation sites (N-methyl/N-ethyl adjacent to an activating group) is 1. The van der Waals surface area contributed by atoms with Gasteiger partial charge in [0.2, 0.25) is 11.8 Å². The summed E-state index contributed by atoms with van der Waals surface area (Å²) in [5, 5.41) is 3.13. The number of rotatable bonds is 6. The minimum absolute atomic E-state index is 0.0315. The van der Waals surface area contributed by atoms with Crippen molar-refractivity contribution >= 4 is 17.5 Å². The van der Waals surface area contributed by atoms with Crippen LogP contribution in [0.15, 0.2) is 18.2 Å². The molecule has 1 heterocycles. The van der Waals surface area contributed by atoms with Crippen LogP contribution in [0.1, 0.15) is 37.3 Å². The van der Waals surface area contributed by atoms with Crippen molar-refractivity contribution < 1.29 is 9.59 Å². The van der Waals surface area contributed by atoms with Crippen molar-refractivity contribution in [2.45, 2.75) is 33.1 Å².